The molecule has 0 heterocycles. The number of amides is 3. The SMILES string of the molecule is COc1ccc(C(=O)NCCNC(=O)C(NC(=O)c2ccccc2OC)C(C)C)cc1. The van der Waals surface area contributed by atoms with E-state index in [2.05, 4.69) is 16.0 Å². The molecule has 2 rings (SSSR count). The van der Waals surface area contributed by atoms with Crippen molar-refractivity contribution in [2.75, 3.05) is 27.3 Å². The van der Waals surface area contributed by atoms with Crippen LogP contribution in [0.15, 0.2) is 48.5 Å². The second kappa shape index (κ2) is 11.6. The van der Waals surface area contributed by atoms with Gasteiger partial charge in [-0.2, -0.15) is 0 Å². The van der Waals surface area contributed by atoms with E-state index in [4.69, 9.17) is 9.47 Å². The van der Waals surface area contributed by atoms with Crippen molar-refractivity contribution in [2.24, 2.45) is 5.92 Å². The average molecular weight is 428 g/mol. The molecule has 0 fully saturated rings. The topological polar surface area (TPSA) is 106 Å². The van der Waals surface area contributed by atoms with Gasteiger partial charge in [0.2, 0.25) is 5.91 Å². The molecule has 1 unspecified atom stereocenters. The van der Waals surface area contributed by atoms with E-state index >= 15 is 0 Å². The third-order valence-corrected chi connectivity index (χ3v) is 4.65. The highest BCUT2D eigenvalue weighted by Gasteiger charge is 2.25. The van der Waals surface area contributed by atoms with Gasteiger partial charge in [-0.05, 0) is 42.3 Å². The van der Waals surface area contributed by atoms with Gasteiger partial charge in [0.05, 0.1) is 19.8 Å². The molecule has 3 amide bonds. The second-order valence-electron chi connectivity index (χ2n) is 7.17. The van der Waals surface area contributed by atoms with E-state index in [9.17, 15) is 14.4 Å². The van der Waals surface area contributed by atoms with E-state index < -0.39 is 6.04 Å². The summed E-state index contributed by atoms with van der Waals surface area (Å²) in [6.07, 6.45) is 0. The fraction of sp³-hybridized carbons (Fsp3) is 0.348. The number of ether oxygens (including phenoxy) is 2. The van der Waals surface area contributed by atoms with Gasteiger partial charge in [0.15, 0.2) is 0 Å². The number of hydrogen-bond donors (Lipinski definition) is 3. The number of carbonyl (C=O) groups is 3. The molecule has 0 aliphatic carbocycles. The Labute approximate surface area is 182 Å². The van der Waals surface area contributed by atoms with Crippen molar-refractivity contribution in [3.63, 3.8) is 0 Å². The molecule has 3 N–H and O–H groups in total. The van der Waals surface area contributed by atoms with Crippen molar-refractivity contribution in [1.82, 2.24) is 16.0 Å². The fourth-order valence-electron chi connectivity index (χ4n) is 2.90. The summed E-state index contributed by atoms with van der Waals surface area (Å²) in [6.45, 7) is 4.17. The van der Waals surface area contributed by atoms with Gasteiger partial charge in [0.1, 0.15) is 17.5 Å². The number of rotatable bonds is 10. The maximum atomic E-state index is 12.6. The Bertz CT molecular complexity index is 896. The number of nitrogens with one attached hydrogen (secondary N) is 3. The number of methoxy groups -OCH3 is 2. The summed E-state index contributed by atoms with van der Waals surface area (Å²) in [6, 6.07) is 12.8. The van der Waals surface area contributed by atoms with Crippen LogP contribution in [0.3, 0.4) is 0 Å². The Kier molecular flexibility index (Phi) is 8.87. The summed E-state index contributed by atoms with van der Waals surface area (Å²) in [7, 11) is 3.04. The highest BCUT2D eigenvalue weighted by atomic mass is 16.5. The van der Waals surface area contributed by atoms with Crippen LogP contribution in [-0.4, -0.2) is 51.1 Å². The largest absolute Gasteiger partial charge is 0.497 e. The van der Waals surface area contributed by atoms with Crippen LogP contribution >= 0.6 is 0 Å². The van der Waals surface area contributed by atoms with Crippen molar-refractivity contribution in [3.8, 4) is 11.5 Å². The minimum atomic E-state index is -0.727. The predicted octanol–water partition coefficient (Wildman–Crippen LogP) is 2.00. The molecule has 31 heavy (non-hydrogen) atoms. The van der Waals surface area contributed by atoms with Gasteiger partial charge in [-0.1, -0.05) is 26.0 Å². The maximum Gasteiger partial charge on any atom is 0.255 e. The Morgan fingerprint density at radius 3 is 2.10 bits per heavy atom. The van der Waals surface area contributed by atoms with Crippen molar-refractivity contribution in [3.05, 3.63) is 59.7 Å². The zero-order valence-corrected chi connectivity index (χ0v) is 18.2. The van der Waals surface area contributed by atoms with Crippen LogP contribution in [-0.2, 0) is 4.79 Å². The summed E-state index contributed by atoms with van der Waals surface area (Å²) >= 11 is 0. The highest BCUT2D eigenvalue weighted by molar-refractivity contribution is 5.99. The number of benzene rings is 2. The summed E-state index contributed by atoms with van der Waals surface area (Å²) in [5.41, 5.74) is 0.853. The molecular formula is C23H29N3O5. The second-order valence-corrected chi connectivity index (χ2v) is 7.17. The van der Waals surface area contributed by atoms with Gasteiger partial charge in [-0.3, -0.25) is 14.4 Å². The van der Waals surface area contributed by atoms with Crippen molar-refractivity contribution in [1.29, 1.82) is 0 Å². The molecule has 0 radical (unpaired) electrons. The lowest BCUT2D eigenvalue weighted by molar-refractivity contribution is -0.123. The van der Waals surface area contributed by atoms with Crippen LogP contribution in [0.1, 0.15) is 34.6 Å². The first-order valence-electron chi connectivity index (χ1n) is 10.0. The Balaban J connectivity index is 1.86. The lowest BCUT2D eigenvalue weighted by atomic mass is 10.0. The maximum absolute atomic E-state index is 12.6. The molecule has 0 spiro atoms. The van der Waals surface area contributed by atoms with Crippen LogP contribution in [0, 0.1) is 5.92 Å². The van der Waals surface area contributed by atoms with Gasteiger partial charge in [0, 0.05) is 18.7 Å². The van der Waals surface area contributed by atoms with Gasteiger partial charge in [-0.25, -0.2) is 0 Å². The molecule has 2 aromatic rings. The van der Waals surface area contributed by atoms with E-state index in [1.54, 1.807) is 55.6 Å². The van der Waals surface area contributed by atoms with Gasteiger partial charge >= 0.3 is 0 Å². The van der Waals surface area contributed by atoms with Crippen LogP contribution in [0.25, 0.3) is 0 Å². The molecule has 0 aliphatic rings. The number of carbonyl (C=O) groups excluding carboxylic acids is 3. The Morgan fingerprint density at radius 1 is 0.839 bits per heavy atom. The minimum absolute atomic E-state index is 0.132. The lowest BCUT2D eigenvalue weighted by Crippen LogP contribution is -2.50. The first-order chi connectivity index (χ1) is 14.9. The summed E-state index contributed by atoms with van der Waals surface area (Å²) in [5.74, 6) is 0.00764. The first kappa shape index (κ1) is 23.7. The molecule has 0 aromatic heterocycles. The first-order valence-corrected chi connectivity index (χ1v) is 10.0. The van der Waals surface area contributed by atoms with Gasteiger partial charge < -0.3 is 25.4 Å². The summed E-state index contributed by atoms with van der Waals surface area (Å²) in [4.78, 5) is 37.4. The van der Waals surface area contributed by atoms with Crippen molar-refractivity contribution < 1.29 is 23.9 Å². The molecule has 1 atom stereocenters. The van der Waals surface area contributed by atoms with Crippen LogP contribution in [0.2, 0.25) is 0 Å². The highest BCUT2D eigenvalue weighted by Crippen LogP contribution is 2.17. The fourth-order valence-corrected chi connectivity index (χ4v) is 2.90. The van der Waals surface area contributed by atoms with Crippen molar-refractivity contribution >= 4 is 17.7 Å². The molecule has 0 saturated heterocycles. The predicted molar refractivity (Wildman–Crippen MR) is 117 cm³/mol. The van der Waals surface area contributed by atoms with Gasteiger partial charge in [0.25, 0.3) is 11.8 Å². The molecule has 0 aliphatic heterocycles. The van der Waals surface area contributed by atoms with E-state index in [0.29, 0.717) is 22.6 Å². The Hall–Kier alpha value is -3.55. The van der Waals surface area contributed by atoms with E-state index in [0.717, 1.165) is 0 Å². The average Bonchev–Trinajstić information content (AvgIpc) is 2.79. The molecule has 0 saturated carbocycles. The van der Waals surface area contributed by atoms with E-state index in [1.807, 2.05) is 13.8 Å². The monoisotopic (exact) mass is 427 g/mol. The molecule has 8 heteroatoms. The molecule has 166 valence electrons. The van der Waals surface area contributed by atoms with Crippen LogP contribution in [0.5, 0.6) is 11.5 Å². The zero-order valence-electron chi connectivity index (χ0n) is 18.2. The quantitative estimate of drug-likeness (QED) is 0.503. The van der Waals surface area contributed by atoms with Crippen LogP contribution < -0.4 is 25.4 Å². The summed E-state index contributed by atoms with van der Waals surface area (Å²) in [5, 5.41) is 8.26. The molecule has 0 bridgehead atoms. The third-order valence-electron chi connectivity index (χ3n) is 4.65. The van der Waals surface area contributed by atoms with Crippen LogP contribution in [0.4, 0.5) is 0 Å². The molecular weight excluding hydrogens is 398 g/mol. The Morgan fingerprint density at radius 2 is 1.48 bits per heavy atom. The van der Waals surface area contributed by atoms with E-state index in [1.165, 1.54) is 7.11 Å². The zero-order chi connectivity index (χ0) is 22.8. The summed E-state index contributed by atoms with van der Waals surface area (Å²) < 4.78 is 10.3. The standard InChI is InChI=1S/C23H29N3O5/c1-15(2)20(26-22(28)18-7-5-6-8-19(18)31-4)23(29)25-14-13-24-21(27)16-9-11-17(30-3)12-10-16/h5-12,15,20H,13-14H2,1-4H3,(H,24,27)(H,25,29)(H,26,28). The van der Waals surface area contributed by atoms with Gasteiger partial charge in [-0.15, -0.1) is 0 Å². The van der Waals surface area contributed by atoms with Crippen molar-refractivity contribution in [2.45, 2.75) is 19.9 Å². The number of para-hydroxylation sites is 1. The minimum Gasteiger partial charge on any atom is -0.497 e. The lowest BCUT2D eigenvalue weighted by Gasteiger charge is -2.22. The smallest absolute Gasteiger partial charge is 0.255 e. The molecule has 2 aromatic carbocycles. The van der Waals surface area contributed by atoms with E-state index in [-0.39, 0.29) is 36.7 Å². The number of hydrogen-bond acceptors (Lipinski definition) is 5. The normalized spacial score (nSPS) is 11.4. The molecule has 8 nitrogen and oxygen atoms in total. The third kappa shape index (κ3) is 6.74.